The lowest BCUT2D eigenvalue weighted by atomic mass is 10.4. The van der Waals surface area contributed by atoms with E-state index in [2.05, 4.69) is 0 Å². The van der Waals surface area contributed by atoms with Crippen LogP contribution in [0.2, 0.25) is 0 Å². The van der Waals surface area contributed by atoms with Crippen LogP contribution in [0.15, 0.2) is 0 Å². The Labute approximate surface area is 91.5 Å². The molecule has 0 spiro atoms. The molecule has 0 bridgehead atoms. The number of hydrogen-bond donors (Lipinski definition) is 0. The van der Waals surface area contributed by atoms with Gasteiger partial charge in [0.05, 0.1) is 5.25 Å². The lowest BCUT2D eigenvalue weighted by Gasteiger charge is -2.23. The molecule has 1 saturated carbocycles. The fourth-order valence-electron chi connectivity index (χ4n) is 1.96. The molecule has 0 atom stereocenters. The van der Waals surface area contributed by atoms with Crippen LogP contribution in [-0.4, -0.2) is 36.9 Å². The summed E-state index contributed by atoms with van der Waals surface area (Å²) >= 11 is 5.58. The van der Waals surface area contributed by atoms with Gasteiger partial charge in [0.2, 0.25) is 10.0 Å². The number of alkyl halides is 1. The van der Waals surface area contributed by atoms with Crippen LogP contribution in [0.4, 0.5) is 0 Å². The molecule has 0 aromatic carbocycles. The second kappa shape index (κ2) is 5.33. The van der Waals surface area contributed by atoms with E-state index in [1.165, 1.54) is 4.31 Å². The summed E-state index contributed by atoms with van der Waals surface area (Å²) < 4.78 is 25.6. The zero-order chi connectivity index (χ0) is 10.6. The zero-order valence-electron chi connectivity index (χ0n) is 8.58. The minimum Gasteiger partial charge on any atom is -0.212 e. The van der Waals surface area contributed by atoms with Crippen molar-refractivity contribution in [1.29, 1.82) is 0 Å². The van der Waals surface area contributed by atoms with Crippen LogP contribution in [0.25, 0.3) is 0 Å². The van der Waals surface area contributed by atoms with Gasteiger partial charge in [-0.15, -0.1) is 11.6 Å². The molecular formula is C9H18ClNO2S. The number of hydrogen-bond acceptors (Lipinski definition) is 2. The smallest absolute Gasteiger partial charge is 0.212 e. The van der Waals surface area contributed by atoms with E-state index in [9.17, 15) is 8.42 Å². The molecule has 0 aromatic rings. The summed E-state index contributed by atoms with van der Waals surface area (Å²) in [5, 5.41) is -0.148. The van der Waals surface area contributed by atoms with Crippen molar-refractivity contribution in [3.63, 3.8) is 0 Å². The maximum absolute atomic E-state index is 12.0. The Morgan fingerprint density at radius 1 is 1.36 bits per heavy atom. The Morgan fingerprint density at radius 2 is 1.93 bits per heavy atom. The molecule has 0 heterocycles. The van der Waals surface area contributed by atoms with Gasteiger partial charge in [-0.1, -0.05) is 19.8 Å². The molecule has 0 unspecified atom stereocenters. The van der Waals surface area contributed by atoms with Crippen LogP contribution in [0.3, 0.4) is 0 Å². The van der Waals surface area contributed by atoms with Gasteiger partial charge >= 0.3 is 0 Å². The van der Waals surface area contributed by atoms with Crippen molar-refractivity contribution in [2.24, 2.45) is 0 Å². The monoisotopic (exact) mass is 239 g/mol. The minimum atomic E-state index is -3.06. The van der Waals surface area contributed by atoms with Gasteiger partial charge in [0.25, 0.3) is 0 Å². The quantitative estimate of drug-likeness (QED) is 0.687. The standard InChI is InChI=1S/C9H18ClNO2S/c1-2-11(8-7-10)14(12,13)9-5-3-4-6-9/h9H,2-8H2,1H3. The van der Waals surface area contributed by atoms with Crippen molar-refractivity contribution in [3.05, 3.63) is 0 Å². The largest absolute Gasteiger partial charge is 0.217 e. The lowest BCUT2D eigenvalue weighted by Crippen LogP contribution is -2.38. The predicted octanol–water partition coefficient (Wildman–Crippen LogP) is 1.82. The van der Waals surface area contributed by atoms with Crippen LogP contribution < -0.4 is 0 Å². The van der Waals surface area contributed by atoms with Gasteiger partial charge < -0.3 is 0 Å². The second-order valence-electron chi connectivity index (χ2n) is 3.63. The molecule has 14 heavy (non-hydrogen) atoms. The van der Waals surface area contributed by atoms with E-state index < -0.39 is 10.0 Å². The van der Waals surface area contributed by atoms with Crippen molar-refractivity contribution < 1.29 is 8.42 Å². The van der Waals surface area contributed by atoms with E-state index in [0.29, 0.717) is 19.0 Å². The first-order valence-corrected chi connectivity index (χ1v) is 7.21. The molecule has 1 aliphatic rings. The van der Waals surface area contributed by atoms with Crippen LogP contribution in [0.5, 0.6) is 0 Å². The highest BCUT2D eigenvalue weighted by atomic mass is 35.5. The van der Waals surface area contributed by atoms with Crippen LogP contribution in [-0.2, 0) is 10.0 Å². The number of sulfonamides is 1. The summed E-state index contributed by atoms with van der Waals surface area (Å²) in [4.78, 5) is 0. The van der Waals surface area contributed by atoms with Gasteiger partial charge in [0.1, 0.15) is 0 Å². The van der Waals surface area contributed by atoms with Crippen molar-refractivity contribution in [1.82, 2.24) is 4.31 Å². The van der Waals surface area contributed by atoms with E-state index in [1.807, 2.05) is 6.92 Å². The molecule has 0 aromatic heterocycles. The molecule has 1 fully saturated rings. The van der Waals surface area contributed by atoms with Gasteiger partial charge in [-0.3, -0.25) is 0 Å². The molecule has 0 amide bonds. The Kier molecular flexibility index (Phi) is 4.67. The summed E-state index contributed by atoms with van der Waals surface area (Å²) in [7, 11) is -3.06. The van der Waals surface area contributed by atoms with E-state index in [4.69, 9.17) is 11.6 Å². The van der Waals surface area contributed by atoms with Crippen molar-refractivity contribution >= 4 is 21.6 Å². The number of halogens is 1. The molecule has 1 aliphatic carbocycles. The molecule has 0 radical (unpaired) electrons. The number of rotatable bonds is 5. The summed E-state index contributed by atoms with van der Waals surface area (Å²) in [6.07, 6.45) is 3.73. The van der Waals surface area contributed by atoms with Gasteiger partial charge in [-0.05, 0) is 12.8 Å². The maximum Gasteiger partial charge on any atom is 0.217 e. The third-order valence-corrected chi connectivity index (χ3v) is 5.41. The maximum atomic E-state index is 12.0. The molecule has 0 N–H and O–H groups in total. The Morgan fingerprint density at radius 3 is 2.36 bits per heavy atom. The normalized spacial score (nSPS) is 19.4. The van der Waals surface area contributed by atoms with Gasteiger partial charge in [0.15, 0.2) is 0 Å². The average Bonchev–Trinajstić information content (AvgIpc) is 2.66. The third-order valence-electron chi connectivity index (χ3n) is 2.77. The fraction of sp³-hybridized carbons (Fsp3) is 1.00. The zero-order valence-corrected chi connectivity index (χ0v) is 10.1. The van der Waals surface area contributed by atoms with Gasteiger partial charge in [0, 0.05) is 19.0 Å². The van der Waals surface area contributed by atoms with Crippen LogP contribution in [0.1, 0.15) is 32.6 Å². The SMILES string of the molecule is CCN(CCCl)S(=O)(=O)C1CCCC1. The van der Waals surface area contributed by atoms with Crippen LogP contribution >= 0.6 is 11.6 Å². The first-order valence-electron chi connectivity index (χ1n) is 5.17. The summed E-state index contributed by atoms with van der Waals surface area (Å²) in [5.74, 6) is 0.375. The Bertz CT molecular complexity index is 260. The second-order valence-corrected chi connectivity index (χ2v) is 6.22. The highest BCUT2D eigenvalue weighted by Crippen LogP contribution is 2.26. The molecule has 0 saturated heterocycles. The first-order chi connectivity index (χ1) is 6.62. The van der Waals surface area contributed by atoms with E-state index in [-0.39, 0.29) is 5.25 Å². The Balaban J connectivity index is 2.70. The topological polar surface area (TPSA) is 37.4 Å². The highest BCUT2D eigenvalue weighted by Gasteiger charge is 2.32. The number of nitrogens with zero attached hydrogens (tertiary/aromatic N) is 1. The third kappa shape index (κ3) is 2.61. The van der Waals surface area contributed by atoms with E-state index in [1.54, 1.807) is 0 Å². The molecule has 84 valence electrons. The lowest BCUT2D eigenvalue weighted by molar-refractivity contribution is 0.436. The Hall–Kier alpha value is 0.200. The van der Waals surface area contributed by atoms with Gasteiger partial charge in [-0.2, -0.15) is 0 Å². The molecule has 1 rings (SSSR count). The molecule has 5 heteroatoms. The van der Waals surface area contributed by atoms with E-state index >= 15 is 0 Å². The van der Waals surface area contributed by atoms with Crippen molar-refractivity contribution in [2.75, 3.05) is 19.0 Å². The predicted molar refractivity (Wildman–Crippen MR) is 59.1 cm³/mol. The van der Waals surface area contributed by atoms with E-state index in [0.717, 1.165) is 25.7 Å². The average molecular weight is 240 g/mol. The van der Waals surface area contributed by atoms with Crippen molar-refractivity contribution in [2.45, 2.75) is 37.9 Å². The summed E-state index contributed by atoms with van der Waals surface area (Å²) in [5.41, 5.74) is 0. The molecule has 3 nitrogen and oxygen atoms in total. The fourth-order valence-corrected chi connectivity index (χ4v) is 4.32. The van der Waals surface area contributed by atoms with Crippen molar-refractivity contribution in [3.8, 4) is 0 Å². The summed E-state index contributed by atoms with van der Waals surface area (Å²) in [6.45, 7) is 2.83. The molecular weight excluding hydrogens is 222 g/mol. The molecule has 0 aliphatic heterocycles. The minimum absolute atomic E-state index is 0.148. The highest BCUT2D eigenvalue weighted by molar-refractivity contribution is 7.89. The first kappa shape index (κ1) is 12.3. The summed E-state index contributed by atoms with van der Waals surface area (Å²) in [6, 6.07) is 0. The van der Waals surface area contributed by atoms with Gasteiger partial charge in [-0.25, -0.2) is 12.7 Å². The van der Waals surface area contributed by atoms with Crippen LogP contribution in [0, 0.1) is 0 Å².